The SMILES string of the molecule is Cc1cc(C2CC2)cnc1N1CCN(C(=O)c2ccc(N3CCCS3(=O)=O)cc2C(=O)N(C(=O)OC(C)(C)C)C(=O)OC(C)(C)C)CC1. The smallest absolute Gasteiger partial charge is 0.427 e. The zero-order valence-corrected chi connectivity index (χ0v) is 29.6. The fourth-order valence-electron chi connectivity index (χ4n) is 5.81. The van der Waals surface area contributed by atoms with Crippen molar-refractivity contribution in [1.82, 2.24) is 14.8 Å². The van der Waals surface area contributed by atoms with Crippen molar-refractivity contribution < 1.29 is 37.1 Å². The number of sulfonamides is 1. The Kier molecular flexibility index (Phi) is 9.52. The molecule has 260 valence electrons. The number of carbonyl (C=O) groups is 4. The highest BCUT2D eigenvalue weighted by molar-refractivity contribution is 7.93. The molecule has 13 nitrogen and oxygen atoms in total. The molecule has 2 aliphatic heterocycles. The number of imide groups is 3. The number of hydrogen-bond acceptors (Lipinski definition) is 10. The Hall–Kier alpha value is -4.20. The van der Waals surface area contributed by atoms with Gasteiger partial charge in [0.25, 0.3) is 11.8 Å². The normalized spacial score (nSPS) is 18.0. The van der Waals surface area contributed by atoms with Crippen LogP contribution in [0.15, 0.2) is 30.5 Å². The van der Waals surface area contributed by atoms with E-state index in [1.165, 1.54) is 36.6 Å². The third-order valence-electron chi connectivity index (χ3n) is 8.19. The Bertz CT molecular complexity index is 1690. The molecule has 1 saturated carbocycles. The van der Waals surface area contributed by atoms with E-state index >= 15 is 0 Å². The van der Waals surface area contributed by atoms with Gasteiger partial charge in [0.2, 0.25) is 10.0 Å². The lowest BCUT2D eigenvalue weighted by Gasteiger charge is -2.36. The van der Waals surface area contributed by atoms with Crippen LogP contribution in [0.5, 0.6) is 0 Å². The van der Waals surface area contributed by atoms with Crippen LogP contribution in [0, 0.1) is 6.92 Å². The molecule has 0 radical (unpaired) electrons. The van der Waals surface area contributed by atoms with Gasteiger partial charge in [-0.15, -0.1) is 4.90 Å². The second-order valence-electron chi connectivity index (χ2n) is 14.5. The van der Waals surface area contributed by atoms with Crippen molar-refractivity contribution in [1.29, 1.82) is 0 Å². The first kappa shape index (κ1) is 35.1. The number of aromatic nitrogens is 1. The maximum Gasteiger partial charge on any atom is 0.427 e. The number of piperazine rings is 1. The molecular weight excluding hydrogens is 638 g/mol. The molecule has 3 heterocycles. The highest BCUT2D eigenvalue weighted by atomic mass is 32.2. The van der Waals surface area contributed by atoms with Crippen molar-refractivity contribution in [2.45, 2.75) is 84.8 Å². The van der Waals surface area contributed by atoms with Crippen LogP contribution in [0.2, 0.25) is 0 Å². The first-order valence-electron chi connectivity index (χ1n) is 16.3. The lowest BCUT2D eigenvalue weighted by molar-refractivity contribution is 0.00383. The molecule has 1 aliphatic carbocycles. The number of anilines is 2. The largest absolute Gasteiger partial charge is 0.443 e. The number of carbonyl (C=O) groups excluding carboxylic acids is 4. The fraction of sp³-hybridized carbons (Fsp3) is 0.559. The van der Waals surface area contributed by atoms with Crippen molar-refractivity contribution in [3.05, 3.63) is 52.7 Å². The van der Waals surface area contributed by atoms with Crippen LogP contribution in [0.1, 0.15) is 98.6 Å². The Morgan fingerprint density at radius 3 is 1.96 bits per heavy atom. The van der Waals surface area contributed by atoms with Crippen molar-refractivity contribution in [2.24, 2.45) is 0 Å². The summed E-state index contributed by atoms with van der Waals surface area (Å²) in [7, 11) is -3.66. The van der Waals surface area contributed by atoms with E-state index in [-0.39, 0.29) is 34.0 Å². The number of benzene rings is 1. The summed E-state index contributed by atoms with van der Waals surface area (Å²) >= 11 is 0. The number of aryl methyl sites for hydroxylation is 1. The Morgan fingerprint density at radius 2 is 1.46 bits per heavy atom. The van der Waals surface area contributed by atoms with E-state index in [1.54, 1.807) is 46.4 Å². The number of rotatable bonds is 5. The average Bonchev–Trinajstić information content (AvgIpc) is 3.77. The summed E-state index contributed by atoms with van der Waals surface area (Å²) in [6, 6.07) is 6.25. The summed E-state index contributed by atoms with van der Waals surface area (Å²) in [5.41, 5.74) is -0.106. The fourth-order valence-corrected chi connectivity index (χ4v) is 7.36. The second kappa shape index (κ2) is 13.0. The molecule has 14 heteroatoms. The predicted octanol–water partition coefficient (Wildman–Crippen LogP) is 5.08. The lowest BCUT2D eigenvalue weighted by atomic mass is 10.0. The Labute approximate surface area is 282 Å². The van der Waals surface area contributed by atoms with Crippen molar-refractivity contribution in [3.8, 4) is 0 Å². The van der Waals surface area contributed by atoms with E-state index in [2.05, 4.69) is 11.0 Å². The summed E-state index contributed by atoms with van der Waals surface area (Å²) in [6.07, 6.45) is 2.11. The molecule has 0 unspecified atom stereocenters. The minimum atomic E-state index is -3.66. The van der Waals surface area contributed by atoms with Crippen molar-refractivity contribution in [3.63, 3.8) is 0 Å². The van der Waals surface area contributed by atoms with Crippen LogP contribution in [0.25, 0.3) is 0 Å². The maximum atomic E-state index is 14.3. The summed E-state index contributed by atoms with van der Waals surface area (Å²) in [6.45, 7) is 13.3. The third kappa shape index (κ3) is 7.91. The molecule has 2 saturated heterocycles. The zero-order valence-electron chi connectivity index (χ0n) is 28.7. The van der Waals surface area contributed by atoms with Crippen LogP contribution >= 0.6 is 0 Å². The van der Waals surface area contributed by atoms with Gasteiger partial charge < -0.3 is 19.3 Å². The molecule has 2 aromatic rings. The zero-order chi connectivity index (χ0) is 35.2. The molecule has 1 aromatic heterocycles. The van der Waals surface area contributed by atoms with Crippen LogP contribution in [-0.2, 0) is 19.5 Å². The third-order valence-corrected chi connectivity index (χ3v) is 10.1. The van der Waals surface area contributed by atoms with Gasteiger partial charge in [0, 0.05) is 38.9 Å². The number of nitrogens with zero attached hydrogens (tertiary/aromatic N) is 5. The highest BCUT2D eigenvalue weighted by Gasteiger charge is 2.40. The molecule has 0 bridgehead atoms. The summed E-state index contributed by atoms with van der Waals surface area (Å²) < 4.78 is 37.5. The lowest BCUT2D eigenvalue weighted by Crippen LogP contribution is -2.50. The monoisotopic (exact) mass is 683 g/mol. The van der Waals surface area contributed by atoms with Crippen LogP contribution in [0.3, 0.4) is 0 Å². The van der Waals surface area contributed by atoms with E-state index in [4.69, 9.17) is 14.5 Å². The minimum absolute atomic E-state index is 0.0686. The summed E-state index contributed by atoms with van der Waals surface area (Å²) in [5, 5.41) is 0. The predicted molar refractivity (Wildman–Crippen MR) is 180 cm³/mol. The van der Waals surface area contributed by atoms with E-state index in [0.29, 0.717) is 38.5 Å². The van der Waals surface area contributed by atoms with E-state index in [0.717, 1.165) is 15.7 Å². The van der Waals surface area contributed by atoms with Gasteiger partial charge in [0.1, 0.15) is 17.0 Å². The summed E-state index contributed by atoms with van der Waals surface area (Å²) in [4.78, 5) is 63.7. The molecule has 4 amide bonds. The van der Waals surface area contributed by atoms with Crippen LogP contribution in [0.4, 0.5) is 21.1 Å². The number of amides is 4. The molecule has 0 spiro atoms. The highest BCUT2D eigenvalue weighted by Crippen LogP contribution is 2.40. The molecule has 1 aromatic carbocycles. The standard InChI is InChI=1S/C34H45N5O8S/c1-22-19-24(23-9-10-23)21-35-28(22)36-14-16-37(17-15-36)29(40)26-12-11-25(38-13-8-18-48(38,44)45)20-27(26)30(41)39(31(42)46-33(2,3)4)32(43)47-34(5,6)7/h11-12,19-21,23H,8-10,13-18H2,1-7H3. The van der Waals surface area contributed by atoms with Gasteiger partial charge in [-0.2, -0.15) is 0 Å². The molecular formula is C34H45N5O8S. The van der Waals surface area contributed by atoms with Gasteiger partial charge >= 0.3 is 12.2 Å². The molecule has 5 rings (SSSR count). The van der Waals surface area contributed by atoms with Gasteiger partial charge in [-0.3, -0.25) is 13.9 Å². The van der Waals surface area contributed by atoms with Crippen molar-refractivity contribution >= 4 is 45.5 Å². The number of pyridine rings is 1. The van der Waals surface area contributed by atoms with Crippen LogP contribution in [-0.4, -0.2) is 96.9 Å². The molecule has 48 heavy (non-hydrogen) atoms. The minimum Gasteiger partial charge on any atom is -0.443 e. The van der Waals surface area contributed by atoms with Gasteiger partial charge in [-0.1, -0.05) is 6.07 Å². The first-order chi connectivity index (χ1) is 22.3. The maximum absolute atomic E-state index is 14.3. The van der Waals surface area contributed by atoms with E-state index in [9.17, 15) is 27.6 Å². The van der Waals surface area contributed by atoms with Crippen molar-refractivity contribution in [2.75, 3.05) is 47.7 Å². The molecule has 3 fully saturated rings. The Balaban J connectivity index is 1.47. The molecule has 0 N–H and O–H groups in total. The van der Waals surface area contributed by atoms with Gasteiger partial charge in [0.05, 0.1) is 22.6 Å². The van der Waals surface area contributed by atoms with E-state index < -0.39 is 45.2 Å². The topological polar surface area (TPSA) is 147 Å². The van der Waals surface area contributed by atoms with E-state index in [1.807, 2.05) is 13.1 Å². The average molecular weight is 684 g/mol. The second-order valence-corrected chi connectivity index (χ2v) is 16.5. The quantitative estimate of drug-likeness (QED) is 0.418. The van der Waals surface area contributed by atoms with Gasteiger partial charge in [-0.05, 0) is 103 Å². The molecule has 0 atom stereocenters. The van der Waals surface area contributed by atoms with Crippen LogP contribution < -0.4 is 9.21 Å². The van der Waals surface area contributed by atoms with Gasteiger partial charge in [-0.25, -0.2) is 23.0 Å². The Morgan fingerprint density at radius 1 is 0.854 bits per heavy atom. The van der Waals surface area contributed by atoms with Gasteiger partial charge in [0.15, 0.2) is 0 Å². The number of ether oxygens (including phenoxy) is 2. The molecule has 3 aliphatic rings. The summed E-state index contributed by atoms with van der Waals surface area (Å²) in [5.74, 6) is -0.287. The number of hydrogen-bond donors (Lipinski definition) is 0. The first-order valence-corrected chi connectivity index (χ1v) is 17.9.